The van der Waals surface area contributed by atoms with Crippen LogP contribution in [0.25, 0.3) is 0 Å². The van der Waals surface area contributed by atoms with E-state index in [4.69, 9.17) is 10.6 Å². The lowest BCUT2D eigenvalue weighted by Gasteiger charge is -2.18. The Labute approximate surface area is 129 Å². The van der Waals surface area contributed by atoms with Crippen molar-refractivity contribution in [1.82, 2.24) is 5.48 Å². The highest BCUT2D eigenvalue weighted by atomic mass is 16.7. The van der Waals surface area contributed by atoms with Gasteiger partial charge >= 0.3 is 0 Å². The molecule has 2 atom stereocenters. The van der Waals surface area contributed by atoms with Crippen molar-refractivity contribution in [3.05, 3.63) is 66.2 Å². The van der Waals surface area contributed by atoms with Gasteiger partial charge in [-0.3, -0.25) is 4.79 Å². The van der Waals surface area contributed by atoms with Crippen LogP contribution in [-0.4, -0.2) is 23.2 Å². The van der Waals surface area contributed by atoms with Crippen molar-refractivity contribution in [3.8, 4) is 5.75 Å². The molecule has 0 heterocycles. The summed E-state index contributed by atoms with van der Waals surface area (Å²) in [5.41, 5.74) is 9.19. The average Bonchev–Trinajstić information content (AvgIpc) is 2.58. The van der Waals surface area contributed by atoms with Crippen molar-refractivity contribution in [2.24, 2.45) is 5.73 Å². The Morgan fingerprint density at radius 2 is 1.68 bits per heavy atom. The molecule has 22 heavy (non-hydrogen) atoms. The number of nitrogens with one attached hydrogen (secondary N) is 1. The molecule has 0 aromatic heterocycles. The zero-order valence-electron chi connectivity index (χ0n) is 12.2. The van der Waals surface area contributed by atoms with Gasteiger partial charge in [-0.25, -0.2) is 0 Å². The standard InChI is InChI=1S/C17H20N2O3/c18-15(12-11-13-7-3-1-4-8-13)16(20)17(21)19-22-14-9-5-2-6-10-14/h1-10,15-16,20H,11-12,18H2,(H,19,21)/t15-,16?/m1/s1. The third-order valence-corrected chi connectivity index (χ3v) is 3.30. The lowest BCUT2D eigenvalue weighted by Crippen LogP contribution is -2.47. The highest BCUT2D eigenvalue weighted by Crippen LogP contribution is 2.08. The molecular formula is C17H20N2O3. The van der Waals surface area contributed by atoms with Crippen molar-refractivity contribution in [3.63, 3.8) is 0 Å². The molecule has 2 aromatic rings. The summed E-state index contributed by atoms with van der Waals surface area (Å²) in [5, 5.41) is 9.93. The summed E-state index contributed by atoms with van der Waals surface area (Å²) in [4.78, 5) is 16.9. The number of hydrogen-bond donors (Lipinski definition) is 3. The van der Waals surface area contributed by atoms with Crippen LogP contribution in [0, 0.1) is 0 Å². The molecule has 0 aliphatic rings. The molecule has 0 spiro atoms. The van der Waals surface area contributed by atoms with E-state index in [-0.39, 0.29) is 0 Å². The molecule has 0 saturated heterocycles. The summed E-state index contributed by atoms with van der Waals surface area (Å²) in [5.74, 6) is -0.162. The van der Waals surface area contributed by atoms with Gasteiger partial charge in [0, 0.05) is 6.04 Å². The van der Waals surface area contributed by atoms with Gasteiger partial charge < -0.3 is 15.7 Å². The quantitative estimate of drug-likeness (QED) is 0.675. The van der Waals surface area contributed by atoms with Gasteiger partial charge in [0.2, 0.25) is 0 Å². The number of amides is 1. The van der Waals surface area contributed by atoms with Crippen LogP contribution < -0.4 is 16.1 Å². The topological polar surface area (TPSA) is 84.6 Å². The molecule has 1 unspecified atom stereocenters. The molecule has 2 rings (SSSR count). The molecule has 1 amide bonds. The second-order valence-electron chi connectivity index (χ2n) is 5.01. The third-order valence-electron chi connectivity index (χ3n) is 3.30. The van der Waals surface area contributed by atoms with Crippen LogP contribution in [0.4, 0.5) is 0 Å². The molecule has 0 aliphatic carbocycles. The monoisotopic (exact) mass is 300 g/mol. The number of rotatable bonds is 7. The van der Waals surface area contributed by atoms with E-state index < -0.39 is 18.1 Å². The molecule has 0 radical (unpaired) electrons. The molecule has 5 nitrogen and oxygen atoms in total. The number of aliphatic hydroxyl groups is 1. The number of para-hydroxylation sites is 1. The average molecular weight is 300 g/mol. The summed E-state index contributed by atoms with van der Waals surface area (Å²) in [6.07, 6.45) is -0.108. The van der Waals surface area contributed by atoms with Gasteiger partial charge in [-0.15, -0.1) is 0 Å². The van der Waals surface area contributed by atoms with Crippen molar-refractivity contribution in [2.75, 3.05) is 0 Å². The van der Waals surface area contributed by atoms with E-state index >= 15 is 0 Å². The number of aryl methyl sites for hydroxylation is 1. The first-order valence-corrected chi connectivity index (χ1v) is 7.16. The number of hydrogen-bond acceptors (Lipinski definition) is 4. The summed E-state index contributed by atoms with van der Waals surface area (Å²) in [6.45, 7) is 0. The van der Waals surface area contributed by atoms with E-state index in [1.54, 1.807) is 24.3 Å². The second kappa shape index (κ2) is 8.17. The van der Waals surface area contributed by atoms with Crippen molar-refractivity contribution in [2.45, 2.75) is 25.0 Å². The minimum atomic E-state index is -1.31. The molecular weight excluding hydrogens is 280 g/mol. The fourth-order valence-electron chi connectivity index (χ4n) is 1.99. The maximum atomic E-state index is 11.8. The van der Waals surface area contributed by atoms with Crippen LogP contribution in [-0.2, 0) is 11.2 Å². The van der Waals surface area contributed by atoms with Crippen molar-refractivity contribution in [1.29, 1.82) is 0 Å². The Bertz CT molecular complexity index is 575. The minimum absolute atomic E-state index is 0.487. The number of benzene rings is 2. The van der Waals surface area contributed by atoms with E-state index in [0.717, 1.165) is 5.56 Å². The van der Waals surface area contributed by atoms with Crippen LogP contribution in [0.15, 0.2) is 60.7 Å². The lowest BCUT2D eigenvalue weighted by atomic mass is 10.0. The van der Waals surface area contributed by atoms with Gasteiger partial charge in [0.05, 0.1) is 0 Å². The van der Waals surface area contributed by atoms with E-state index in [1.165, 1.54) is 0 Å². The van der Waals surface area contributed by atoms with Crippen LogP contribution in [0.5, 0.6) is 5.75 Å². The summed E-state index contributed by atoms with van der Waals surface area (Å²) < 4.78 is 0. The number of carbonyl (C=O) groups excluding carboxylic acids is 1. The second-order valence-corrected chi connectivity index (χ2v) is 5.01. The smallest absolute Gasteiger partial charge is 0.282 e. The van der Waals surface area contributed by atoms with Crippen molar-refractivity contribution < 1.29 is 14.7 Å². The number of carbonyl (C=O) groups is 1. The molecule has 5 heteroatoms. The van der Waals surface area contributed by atoms with Gasteiger partial charge in [-0.05, 0) is 30.5 Å². The molecule has 0 fully saturated rings. The first kappa shape index (κ1) is 16.0. The van der Waals surface area contributed by atoms with Crippen molar-refractivity contribution >= 4 is 5.91 Å². The Morgan fingerprint density at radius 1 is 1.09 bits per heavy atom. The summed E-state index contributed by atoms with van der Waals surface area (Å²) >= 11 is 0. The fourth-order valence-corrected chi connectivity index (χ4v) is 1.99. The highest BCUT2D eigenvalue weighted by molar-refractivity contribution is 5.80. The fraction of sp³-hybridized carbons (Fsp3) is 0.235. The third kappa shape index (κ3) is 4.87. The van der Waals surface area contributed by atoms with Gasteiger partial charge in [-0.2, -0.15) is 5.48 Å². The molecule has 4 N–H and O–H groups in total. The number of aliphatic hydroxyl groups excluding tert-OH is 1. The Kier molecular flexibility index (Phi) is 5.94. The number of nitrogens with two attached hydrogens (primary N) is 1. The minimum Gasteiger partial charge on any atom is -0.381 e. The van der Waals surface area contributed by atoms with E-state index in [2.05, 4.69) is 5.48 Å². The molecule has 116 valence electrons. The van der Waals surface area contributed by atoms with Crippen LogP contribution in [0.3, 0.4) is 0 Å². The Balaban J connectivity index is 1.77. The Morgan fingerprint density at radius 3 is 2.32 bits per heavy atom. The summed E-state index contributed by atoms with van der Waals surface area (Å²) in [7, 11) is 0. The van der Waals surface area contributed by atoms with Gasteiger partial charge in [-0.1, -0.05) is 48.5 Å². The zero-order chi connectivity index (χ0) is 15.8. The van der Waals surface area contributed by atoms with E-state index in [0.29, 0.717) is 18.6 Å². The maximum Gasteiger partial charge on any atom is 0.282 e. The zero-order valence-corrected chi connectivity index (χ0v) is 12.2. The van der Waals surface area contributed by atoms with Gasteiger partial charge in [0.15, 0.2) is 11.9 Å². The predicted octanol–water partition coefficient (Wildman–Crippen LogP) is 1.42. The Hall–Kier alpha value is -2.37. The van der Waals surface area contributed by atoms with Crippen LogP contribution in [0.2, 0.25) is 0 Å². The first-order valence-electron chi connectivity index (χ1n) is 7.16. The molecule has 2 aromatic carbocycles. The maximum absolute atomic E-state index is 11.8. The highest BCUT2D eigenvalue weighted by Gasteiger charge is 2.23. The predicted molar refractivity (Wildman–Crippen MR) is 84.0 cm³/mol. The van der Waals surface area contributed by atoms with Crippen LogP contribution >= 0.6 is 0 Å². The molecule has 0 saturated carbocycles. The van der Waals surface area contributed by atoms with E-state index in [9.17, 15) is 9.90 Å². The van der Waals surface area contributed by atoms with Crippen LogP contribution in [0.1, 0.15) is 12.0 Å². The number of hydroxylamine groups is 1. The normalized spacial score (nSPS) is 13.2. The van der Waals surface area contributed by atoms with Gasteiger partial charge in [0.25, 0.3) is 5.91 Å². The van der Waals surface area contributed by atoms with E-state index in [1.807, 2.05) is 36.4 Å². The lowest BCUT2D eigenvalue weighted by molar-refractivity contribution is -0.137. The SMILES string of the molecule is N[C@H](CCc1ccccc1)C(O)C(=O)NOc1ccccc1. The van der Waals surface area contributed by atoms with Gasteiger partial charge in [0.1, 0.15) is 0 Å². The summed E-state index contributed by atoms with van der Waals surface area (Å²) in [6, 6.07) is 17.9. The molecule has 0 aliphatic heterocycles. The first-order chi connectivity index (χ1) is 10.7. The molecule has 0 bridgehead atoms. The largest absolute Gasteiger partial charge is 0.381 e.